The second-order valence-electron chi connectivity index (χ2n) is 11.7. The maximum Gasteiger partial charge on any atom is 0.308 e. The van der Waals surface area contributed by atoms with Crippen LogP contribution in [0.25, 0.3) is 0 Å². The van der Waals surface area contributed by atoms with Crippen LogP contribution in [-0.4, -0.2) is 62.5 Å². The minimum atomic E-state index is -0.905. The molecular weight excluding hydrogens is 536 g/mol. The molecule has 2 aromatic carbocycles. The van der Waals surface area contributed by atoms with Crippen molar-refractivity contribution in [3.63, 3.8) is 0 Å². The summed E-state index contributed by atoms with van der Waals surface area (Å²) in [6.45, 7) is 4.86. The number of carbonyl (C=O) groups is 3. The molecule has 2 unspecified atom stereocenters. The van der Waals surface area contributed by atoms with Gasteiger partial charge in [-0.1, -0.05) is 32.0 Å². The number of cyclic esters (lactones) is 1. The zero-order chi connectivity index (χ0) is 30.3. The monoisotopic (exact) mass is 580 g/mol. The highest BCUT2D eigenvalue weighted by molar-refractivity contribution is 6.38. The number of Topliss-reactive ketones (excluding diaryl/α,β-unsaturated/α-hetero) is 1. The normalized spacial score (nSPS) is 21.7. The molecule has 0 radical (unpaired) electrons. The molecule has 0 aliphatic carbocycles. The van der Waals surface area contributed by atoms with E-state index in [4.69, 9.17) is 24.7 Å². The summed E-state index contributed by atoms with van der Waals surface area (Å²) < 4.78 is 23.3. The van der Waals surface area contributed by atoms with Crippen molar-refractivity contribution < 1.29 is 33.3 Å². The highest BCUT2D eigenvalue weighted by atomic mass is 16.5. The Balaban J connectivity index is 1.75. The van der Waals surface area contributed by atoms with Crippen molar-refractivity contribution in [2.45, 2.75) is 77.4 Å². The molecule has 4 rings (SSSR count). The van der Waals surface area contributed by atoms with Crippen molar-refractivity contribution in [3.05, 3.63) is 53.1 Å². The Morgan fingerprint density at radius 3 is 2.57 bits per heavy atom. The highest BCUT2D eigenvalue weighted by Gasteiger charge is 2.40. The number of methoxy groups -OCH3 is 2. The van der Waals surface area contributed by atoms with Gasteiger partial charge in [0.25, 0.3) is 5.91 Å². The molecule has 2 atom stereocenters. The largest absolute Gasteiger partial charge is 0.493 e. The van der Waals surface area contributed by atoms with E-state index in [0.29, 0.717) is 69.0 Å². The van der Waals surface area contributed by atoms with Crippen molar-refractivity contribution in [3.8, 4) is 17.2 Å². The van der Waals surface area contributed by atoms with Gasteiger partial charge in [0.2, 0.25) is 5.78 Å². The van der Waals surface area contributed by atoms with Gasteiger partial charge in [0.1, 0.15) is 18.5 Å². The summed E-state index contributed by atoms with van der Waals surface area (Å²) in [5.74, 6) is 0.502. The first-order valence-corrected chi connectivity index (χ1v) is 14.9. The number of carbonyl (C=O) groups excluding carboxylic acids is 3. The number of fused-ring (bicyclic) bond motifs is 2. The number of hydrogen-bond acceptors (Lipinski definition) is 8. The third kappa shape index (κ3) is 7.24. The zero-order valence-corrected chi connectivity index (χ0v) is 25.3. The number of amides is 1. The van der Waals surface area contributed by atoms with Gasteiger partial charge in [-0.2, -0.15) is 0 Å². The van der Waals surface area contributed by atoms with Gasteiger partial charge in [0.05, 0.1) is 20.6 Å². The third-order valence-electron chi connectivity index (χ3n) is 8.41. The predicted octanol–water partition coefficient (Wildman–Crippen LogP) is 4.57. The lowest BCUT2D eigenvalue weighted by Gasteiger charge is -2.36. The van der Waals surface area contributed by atoms with Gasteiger partial charge in [0.15, 0.2) is 11.5 Å². The van der Waals surface area contributed by atoms with E-state index in [9.17, 15) is 14.4 Å². The van der Waals surface area contributed by atoms with Gasteiger partial charge >= 0.3 is 5.97 Å². The SMILES string of the molecule is COc1ccc2c(c1OC)CCC(C)(C)C(=O)C(=O)N1CCCCC1CC(=O)OC(c1cccc(OCCN)c1)CC2. The number of hydrogen-bond donors (Lipinski definition) is 1. The summed E-state index contributed by atoms with van der Waals surface area (Å²) in [6.07, 6.45) is 3.91. The summed E-state index contributed by atoms with van der Waals surface area (Å²) in [5.41, 5.74) is 7.46. The molecule has 1 amide bonds. The van der Waals surface area contributed by atoms with Crippen molar-refractivity contribution in [2.75, 3.05) is 33.9 Å². The van der Waals surface area contributed by atoms with E-state index in [2.05, 4.69) is 0 Å². The van der Waals surface area contributed by atoms with Crippen molar-refractivity contribution >= 4 is 17.7 Å². The topological polar surface area (TPSA) is 117 Å². The maximum absolute atomic E-state index is 13.6. The lowest BCUT2D eigenvalue weighted by Crippen LogP contribution is -2.50. The number of benzene rings is 2. The maximum atomic E-state index is 13.6. The van der Waals surface area contributed by atoms with Gasteiger partial charge in [0, 0.05) is 30.1 Å². The molecule has 2 N–H and O–H groups in total. The molecule has 0 spiro atoms. The molecular formula is C33H44N2O7. The molecule has 1 fully saturated rings. The molecule has 1 saturated heterocycles. The number of rotatable bonds is 6. The predicted molar refractivity (Wildman–Crippen MR) is 159 cm³/mol. The van der Waals surface area contributed by atoms with Gasteiger partial charge in [-0.25, -0.2) is 0 Å². The molecule has 228 valence electrons. The van der Waals surface area contributed by atoms with Crippen molar-refractivity contribution in [2.24, 2.45) is 11.1 Å². The first kappa shape index (κ1) is 31.3. The lowest BCUT2D eigenvalue weighted by atomic mass is 9.80. The second-order valence-corrected chi connectivity index (χ2v) is 11.7. The summed E-state index contributed by atoms with van der Waals surface area (Å²) in [7, 11) is 3.19. The van der Waals surface area contributed by atoms with E-state index in [1.807, 2.05) is 50.2 Å². The Hall–Kier alpha value is -3.59. The lowest BCUT2D eigenvalue weighted by molar-refractivity contribution is -0.156. The number of nitrogens with zero attached hydrogens (tertiary/aromatic N) is 1. The van der Waals surface area contributed by atoms with Crippen LogP contribution in [0.5, 0.6) is 17.2 Å². The fourth-order valence-electron chi connectivity index (χ4n) is 5.95. The first-order valence-electron chi connectivity index (χ1n) is 14.9. The third-order valence-corrected chi connectivity index (χ3v) is 8.41. The van der Waals surface area contributed by atoms with Crippen LogP contribution in [0.15, 0.2) is 36.4 Å². The Bertz CT molecular complexity index is 1280. The molecule has 42 heavy (non-hydrogen) atoms. The van der Waals surface area contributed by atoms with Crippen LogP contribution in [0.4, 0.5) is 0 Å². The van der Waals surface area contributed by atoms with E-state index in [1.54, 1.807) is 19.1 Å². The molecule has 2 aromatic rings. The van der Waals surface area contributed by atoms with Crippen molar-refractivity contribution in [1.82, 2.24) is 4.90 Å². The summed E-state index contributed by atoms with van der Waals surface area (Å²) in [5, 5.41) is 0. The molecule has 0 bridgehead atoms. The highest BCUT2D eigenvalue weighted by Crippen LogP contribution is 2.39. The number of piperidine rings is 1. The summed E-state index contributed by atoms with van der Waals surface area (Å²) in [4.78, 5) is 42.2. The number of esters is 1. The van der Waals surface area contributed by atoms with E-state index < -0.39 is 29.2 Å². The Kier molecular flexibility index (Phi) is 10.5. The number of nitrogens with two attached hydrogens (primary N) is 1. The van der Waals surface area contributed by atoms with Crippen LogP contribution in [0, 0.1) is 5.41 Å². The minimum Gasteiger partial charge on any atom is -0.493 e. The molecule has 2 aliphatic heterocycles. The second kappa shape index (κ2) is 14.1. The number of ether oxygens (including phenoxy) is 4. The molecule has 0 saturated carbocycles. The fraction of sp³-hybridized carbons (Fsp3) is 0.545. The van der Waals surface area contributed by atoms with Gasteiger partial charge < -0.3 is 29.6 Å². The van der Waals surface area contributed by atoms with Crippen LogP contribution >= 0.6 is 0 Å². The van der Waals surface area contributed by atoms with E-state index in [-0.39, 0.29) is 12.5 Å². The Morgan fingerprint density at radius 1 is 1.02 bits per heavy atom. The van der Waals surface area contributed by atoms with Crippen LogP contribution in [0.3, 0.4) is 0 Å². The molecule has 2 aliphatic rings. The molecule has 9 nitrogen and oxygen atoms in total. The average molecular weight is 581 g/mol. The van der Waals surface area contributed by atoms with Crippen molar-refractivity contribution in [1.29, 1.82) is 0 Å². The van der Waals surface area contributed by atoms with Crippen LogP contribution < -0.4 is 19.9 Å². The summed E-state index contributed by atoms with van der Waals surface area (Å²) >= 11 is 0. The Labute approximate surface area is 248 Å². The van der Waals surface area contributed by atoms with E-state index in [0.717, 1.165) is 29.5 Å². The van der Waals surface area contributed by atoms with Crippen LogP contribution in [0.1, 0.15) is 75.2 Å². The molecule has 9 heteroatoms. The zero-order valence-electron chi connectivity index (χ0n) is 25.3. The van der Waals surface area contributed by atoms with Gasteiger partial charge in [-0.05, 0) is 74.3 Å². The minimum absolute atomic E-state index is 0.0426. The molecule has 0 aromatic heterocycles. The van der Waals surface area contributed by atoms with Gasteiger partial charge in [-0.3, -0.25) is 14.4 Å². The fourth-order valence-corrected chi connectivity index (χ4v) is 5.95. The summed E-state index contributed by atoms with van der Waals surface area (Å²) in [6, 6.07) is 11.0. The van der Waals surface area contributed by atoms with E-state index in [1.165, 1.54) is 0 Å². The van der Waals surface area contributed by atoms with Crippen LogP contribution in [0.2, 0.25) is 0 Å². The number of aryl methyl sites for hydroxylation is 1. The Morgan fingerprint density at radius 2 is 1.83 bits per heavy atom. The van der Waals surface area contributed by atoms with Gasteiger partial charge in [-0.15, -0.1) is 0 Å². The van der Waals surface area contributed by atoms with E-state index >= 15 is 0 Å². The van der Waals surface area contributed by atoms with Crippen LogP contribution in [-0.2, 0) is 32.0 Å². The molecule has 2 heterocycles. The first-order chi connectivity index (χ1) is 20.2. The number of ketones is 1. The average Bonchev–Trinajstić information content (AvgIpc) is 3.00. The quantitative estimate of drug-likeness (QED) is 0.390. The smallest absolute Gasteiger partial charge is 0.308 e. The standard InChI is InChI=1S/C33H44N2O7/c1-33(2)16-15-26-22(12-14-28(39-3)30(26)40-4)11-13-27(23-8-7-10-25(20-23)41-19-17-34)42-29(36)21-24-9-5-6-18-35(24)32(38)31(33)37/h7-8,10,12,14,20,24,27H,5-6,9,11,13,15-19,21,34H2,1-4H3.